The van der Waals surface area contributed by atoms with Crippen LogP contribution in [0.25, 0.3) is 11.3 Å². The van der Waals surface area contributed by atoms with Crippen molar-refractivity contribution < 1.29 is 0 Å². The second-order valence-electron chi connectivity index (χ2n) is 4.59. The van der Waals surface area contributed by atoms with E-state index in [9.17, 15) is 0 Å². The zero-order chi connectivity index (χ0) is 13.1. The molecule has 3 rings (SSSR count). The van der Waals surface area contributed by atoms with Crippen molar-refractivity contribution in [3.63, 3.8) is 0 Å². The topological polar surface area (TPSA) is 67.1 Å². The maximum atomic E-state index is 5.73. The second-order valence-corrected chi connectivity index (χ2v) is 4.59. The van der Waals surface area contributed by atoms with Gasteiger partial charge in [0.15, 0.2) is 5.82 Å². The first kappa shape index (κ1) is 11.9. The van der Waals surface area contributed by atoms with Gasteiger partial charge < -0.3 is 16.0 Å². The number of aromatic nitrogens is 2. The summed E-state index contributed by atoms with van der Waals surface area (Å²) in [6.45, 7) is 3.89. The molecule has 3 N–H and O–H groups in total. The van der Waals surface area contributed by atoms with E-state index >= 15 is 0 Å². The number of nitrogens with zero attached hydrogens (tertiary/aromatic N) is 3. The molecule has 0 radical (unpaired) electrons. The Morgan fingerprint density at radius 2 is 1.68 bits per heavy atom. The van der Waals surface area contributed by atoms with Crippen LogP contribution in [0.3, 0.4) is 0 Å². The molecule has 5 heteroatoms. The Hall–Kier alpha value is -2.14. The number of nitrogens with one attached hydrogen (secondary N) is 1. The standard InChI is InChI=1S/C14H17N5/c15-12-3-1-11(2-4-12)13-14(18-6-5-17-13)19-9-7-16-8-10-19/h1-6,16H,7-10,15H2. The Balaban J connectivity index is 1.98. The Bertz CT molecular complexity index is 546. The van der Waals surface area contributed by atoms with Gasteiger partial charge in [0.1, 0.15) is 5.69 Å². The molecular weight excluding hydrogens is 238 g/mol. The third-order valence-electron chi connectivity index (χ3n) is 3.28. The van der Waals surface area contributed by atoms with Gasteiger partial charge in [-0.05, 0) is 12.1 Å². The lowest BCUT2D eigenvalue weighted by molar-refractivity contribution is 0.585. The van der Waals surface area contributed by atoms with Gasteiger partial charge in [0.25, 0.3) is 0 Å². The fourth-order valence-corrected chi connectivity index (χ4v) is 2.28. The molecule has 1 aromatic carbocycles. The van der Waals surface area contributed by atoms with Gasteiger partial charge in [-0.15, -0.1) is 0 Å². The third-order valence-corrected chi connectivity index (χ3v) is 3.28. The molecule has 0 unspecified atom stereocenters. The summed E-state index contributed by atoms with van der Waals surface area (Å²) in [5.41, 5.74) is 8.46. The molecule has 1 fully saturated rings. The van der Waals surface area contributed by atoms with E-state index in [2.05, 4.69) is 20.2 Å². The van der Waals surface area contributed by atoms with Crippen LogP contribution in [0.15, 0.2) is 36.7 Å². The molecule has 0 saturated carbocycles. The molecule has 0 amide bonds. The van der Waals surface area contributed by atoms with Gasteiger partial charge >= 0.3 is 0 Å². The minimum Gasteiger partial charge on any atom is -0.399 e. The average Bonchev–Trinajstić information content (AvgIpc) is 2.49. The van der Waals surface area contributed by atoms with Crippen molar-refractivity contribution in [1.82, 2.24) is 15.3 Å². The highest BCUT2D eigenvalue weighted by Crippen LogP contribution is 2.27. The summed E-state index contributed by atoms with van der Waals surface area (Å²) in [6.07, 6.45) is 3.48. The lowest BCUT2D eigenvalue weighted by Gasteiger charge is -2.29. The van der Waals surface area contributed by atoms with E-state index in [1.54, 1.807) is 12.4 Å². The molecule has 1 aliphatic rings. The van der Waals surface area contributed by atoms with Crippen LogP contribution in [-0.2, 0) is 0 Å². The van der Waals surface area contributed by atoms with Crippen molar-refractivity contribution in [2.24, 2.45) is 0 Å². The van der Waals surface area contributed by atoms with E-state index in [1.807, 2.05) is 24.3 Å². The Labute approximate surface area is 112 Å². The Morgan fingerprint density at radius 3 is 2.42 bits per heavy atom. The first-order chi connectivity index (χ1) is 9.34. The highest BCUT2D eigenvalue weighted by Gasteiger charge is 2.17. The van der Waals surface area contributed by atoms with E-state index in [1.165, 1.54) is 0 Å². The van der Waals surface area contributed by atoms with E-state index in [0.717, 1.165) is 48.9 Å². The van der Waals surface area contributed by atoms with Crippen LogP contribution in [-0.4, -0.2) is 36.1 Å². The second kappa shape index (κ2) is 5.24. The lowest BCUT2D eigenvalue weighted by Crippen LogP contribution is -2.44. The molecule has 1 aliphatic heterocycles. The van der Waals surface area contributed by atoms with Gasteiger partial charge in [-0.1, -0.05) is 12.1 Å². The largest absolute Gasteiger partial charge is 0.399 e. The molecule has 1 saturated heterocycles. The van der Waals surface area contributed by atoms with Crippen molar-refractivity contribution in [3.05, 3.63) is 36.7 Å². The number of nitrogens with two attached hydrogens (primary N) is 1. The molecular formula is C14H17N5. The van der Waals surface area contributed by atoms with Crippen molar-refractivity contribution in [1.29, 1.82) is 0 Å². The maximum absolute atomic E-state index is 5.73. The van der Waals surface area contributed by atoms with E-state index < -0.39 is 0 Å². The van der Waals surface area contributed by atoms with Crippen LogP contribution < -0.4 is 16.0 Å². The summed E-state index contributed by atoms with van der Waals surface area (Å²) in [4.78, 5) is 11.3. The van der Waals surface area contributed by atoms with Gasteiger partial charge in [-0.2, -0.15) is 0 Å². The zero-order valence-electron chi connectivity index (χ0n) is 10.7. The SMILES string of the molecule is Nc1ccc(-c2nccnc2N2CCNCC2)cc1. The first-order valence-corrected chi connectivity index (χ1v) is 6.47. The summed E-state index contributed by atoms with van der Waals surface area (Å²) >= 11 is 0. The van der Waals surface area contributed by atoms with Crippen molar-refractivity contribution in [2.75, 3.05) is 36.8 Å². The average molecular weight is 255 g/mol. The van der Waals surface area contributed by atoms with Gasteiger partial charge in [0.05, 0.1) is 0 Å². The normalized spacial score (nSPS) is 15.5. The van der Waals surface area contributed by atoms with Gasteiger partial charge in [-0.3, -0.25) is 4.98 Å². The fourth-order valence-electron chi connectivity index (χ4n) is 2.28. The first-order valence-electron chi connectivity index (χ1n) is 6.47. The molecule has 1 aromatic heterocycles. The summed E-state index contributed by atoms with van der Waals surface area (Å²) in [7, 11) is 0. The van der Waals surface area contributed by atoms with Crippen LogP contribution in [0.2, 0.25) is 0 Å². The van der Waals surface area contributed by atoms with Crippen molar-refractivity contribution >= 4 is 11.5 Å². The van der Waals surface area contributed by atoms with Crippen molar-refractivity contribution in [2.45, 2.75) is 0 Å². The van der Waals surface area contributed by atoms with Gasteiger partial charge in [0.2, 0.25) is 0 Å². The van der Waals surface area contributed by atoms with Crippen LogP contribution in [0.5, 0.6) is 0 Å². The van der Waals surface area contributed by atoms with E-state index in [0.29, 0.717) is 0 Å². The molecule has 5 nitrogen and oxygen atoms in total. The highest BCUT2D eigenvalue weighted by atomic mass is 15.2. The van der Waals surface area contributed by atoms with Crippen LogP contribution >= 0.6 is 0 Å². The van der Waals surface area contributed by atoms with Gasteiger partial charge in [0, 0.05) is 49.8 Å². The Morgan fingerprint density at radius 1 is 1.00 bits per heavy atom. The molecule has 0 atom stereocenters. The molecule has 0 aliphatic carbocycles. The van der Waals surface area contributed by atoms with Crippen LogP contribution in [0, 0.1) is 0 Å². The monoisotopic (exact) mass is 255 g/mol. The fraction of sp³-hybridized carbons (Fsp3) is 0.286. The predicted molar refractivity (Wildman–Crippen MR) is 77.0 cm³/mol. The third kappa shape index (κ3) is 2.51. The number of anilines is 2. The van der Waals surface area contributed by atoms with Crippen LogP contribution in [0.4, 0.5) is 11.5 Å². The molecule has 2 heterocycles. The highest BCUT2D eigenvalue weighted by molar-refractivity contribution is 5.73. The number of piperazine rings is 1. The summed E-state index contributed by atoms with van der Waals surface area (Å²) in [5, 5.41) is 3.34. The van der Waals surface area contributed by atoms with Crippen LogP contribution in [0.1, 0.15) is 0 Å². The minimum absolute atomic E-state index is 0.761. The molecule has 98 valence electrons. The summed E-state index contributed by atoms with van der Waals surface area (Å²) < 4.78 is 0. The maximum Gasteiger partial charge on any atom is 0.155 e. The summed E-state index contributed by atoms with van der Waals surface area (Å²) in [6, 6.07) is 7.77. The smallest absolute Gasteiger partial charge is 0.155 e. The quantitative estimate of drug-likeness (QED) is 0.788. The Kier molecular flexibility index (Phi) is 3.29. The van der Waals surface area contributed by atoms with Gasteiger partial charge in [-0.25, -0.2) is 4.98 Å². The van der Waals surface area contributed by atoms with Crippen molar-refractivity contribution in [3.8, 4) is 11.3 Å². The summed E-state index contributed by atoms with van der Waals surface area (Å²) in [5.74, 6) is 0.953. The number of rotatable bonds is 2. The van der Waals surface area contributed by atoms with E-state index in [4.69, 9.17) is 5.73 Å². The lowest BCUT2D eigenvalue weighted by atomic mass is 10.1. The number of benzene rings is 1. The number of hydrogen-bond donors (Lipinski definition) is 2. The predicted octanol–water partition coefficient (Wildman–Crippen LogP) is 1.14. The van der Waals surface area contributed by atoms with E-state index in [-0.39, 0.29) is 0 Å². The number of nitrogen functional groups attached to an aromatic ring is 1. The molecule has 19 heavy (non-hydrogen) atoms. The molecule has 0 bridgehead atoms. The molecule has 2 aromatic rings. The minimum atomic E-state index is 0.761. The molecule has 0 spiro atoms. The number of hydrogen-bond acceptors (Lipinski definition) is 5. The zero-order valence-corrected chi connectivity index (χ0v) is 10.7.